The molecule has 0 bridgehead atoms. The van der Waals surface area contributed by atoms with E-state index in [0.29, 0.717) is 91.7 Å². The SMILES string of the molecule is NCCCOc1cc(C(=O)Nc2ccc3sc(S(=O)(=O)NCP(=O)(O)O)cc3c2)cc(OCCCN)c1OCCCN. The number of nitrogens with two attached hydrogens (primary N) is 3. The molecule has 0 atom stereocenters. The van der Waals surface area contributed by atoms with E-state index in [1.807, 2.05) is 4.72 Å². The molecule has 0 aliphatic rings. The van der Waals surface area contributed by atoms with Gasteiger partial charge < -0.3 is 46.5 Å². The van der Waals surface area contributed by atoms with E-state index in [2.05, 4.69) is 5.32 Å². The zero-order valence-corrected chi connectivity index (χ0v) is 25.3. The molecular weight excluding hydrogens is 609 g/mol. The van der Waals surface area contributed by atoms with Gasteiger partial charge in [0.25, 0.3) is 15.9 Å². The standard InChI is InChI=1S/C25H36N5O9PS2/c26-6-1-9-37-20-13-18(14-21(38-10-2-7-27)24(20)39-11-3-8-28)25(31)30-19-4-5-22-17(12-19)15-23(41-22)42(35,36)29-16-40(32,33)34/h4-5,12-15,29H,1-3,6-11,16,26-28H2,(H,30,31)(H2,32,33,34). The quantitative estimate of drug-likeness (QED) is 0.0774. The lowest BCUT2D eigenvalue weighted by atomic mass is 10.1. The summed E-state index contributed by atoms with van der Waals surface area (Å²) in [4.78, 5) is 31.3. The number of rotatable bonds is 18. The van der Waals surface area contributed by atoms with Crippen LogP contribution in [0.1, 0.15) is 29.6 Å². The number of benzene rings is 2. The molecule has 0 spiro atoms. The summed E-state index contributed by atoms with van der Waals surface area (Å²) < 4.78 is 56.2. The van der Waals surface area contributed by atoms with Crippen molar-refractivity contribution in [1.82, 2.24) is 4.72 Å². The van der Waals surface area contributed by atoms with E-state index in [4.69, 9.17) is 41.2 Å². The molecule has 17 heteroatoms. The van der Waals surface area contributed by atoms with Gasteiger partial charge in [0.1, 0.15) is 10.5 Å². The summed E-state index contributed by atoms with van der Waals surface area (Å²) in [5.41, 5.74) is 17.4. The van der Waals surface area contributed by atoms with Gasteiger partial charge in [-0.15, -0.1) is 11.3 Å². The van der Waals surface area contributed by atoms with E-state index in [-0.39, 0.29) is 9.77 Å². The Morgan fingerprint density at radius 2 is 1.45 bits per heavy atom. The van der Waals surface area contributed by atoms with Crippen LogP contribution in [0.25, 0.3) is 10.1 Å². The van der Waals surface area contributed by atoms with E-state index >= 15 is 0 Å². The maximum atomic E-state index is 13.3. The van der Waals surface area contributed by atoms with Crippen molar-refractivity contribution >= 4 is 50.6 Å². The van der Waals surface area contributed by atoms with Gasteiger partial charge in [0.05, 0.1) is 19.8 Å². The molecule has 10 N–H and O–H groups in total. The molecule has 0 radical (unpaired) electrons. The van der Waals surface area contributed by atoms with Crippen molar-refractivity contribution in [2.24, 2.45) is 17.2 Å². The summed E-state index contributed by atoms with van der Waals surface area (Å²) in [6, 6.07) is 9.28. The maximum absolute atomic E-state index is 13.3. The summed E-state index contributed by atoms with van der Waals surface area (Å²) in [6.07, 6.45) is 0.739. The van der Waals surface area contributed by atoms with Gasteiger partial charge in [-0.05, 0) is 80.7 Å². The zero-order chi connectivity index (χ0) is 30.8. The van der Waals surface area contributed by atoms with Crippen LogP contribution >= 0.6 is 18.9 Å². The van der Waals surface area contributed by atoms with Crippen LogP contribution in [0.2, 0.25) is 0 Å². The molecular formula is C25H36N5O9PS2. The third-order valence-electron chi connectivity index (χ3n) is 5.57. The second kappa shape index (κ2) is 15.6. The molecule has 3 rings (SSSR count). The summed E-state index contributed by atoms with van der Waals surface area (Å²) in [5, 5.41) is 3.30. The van der Waals surface area contributed by atoms with Crippen LogP contribution in [0.3, 0.4) is 0 Å². The predicted molar refractivity (Wildman–Crippen MR) is 161 cm³/mol. The van der Waals surface area contributed by atoms with Gasteiger partial charge in [0.15, 0.2) is 11.5 Å². The number of anilines is 1. The summed E-state index contributed by atoms with van der Waals surface area (Å²) in [7, 11) is -8.73. The van der Waals surface area contributed by atoms with E-state index in [9.17, 15) is 17.8 Å². The lowest BCUT2D eigenvalue weighted by Crippen LogP contribution is -2.23. The van der Waals surface area contributed by atoms with Crippen molar-refractivity contribution in [3.63, 3.8) is 0 Å². The van der Waals surface area contributed by atoms with Crippen LogP contribution in [0.5, 0.6) is 17.2 Å². The molecule has 0 saturated carbocycles. The van der Waals surface area contributed by atoms with Gasteiger partial charge in [-0.1, -0.05) is 0 Å². The predicted octanol–water partition coefficient (Wildman–Crippen LogP) is 1.75. The van der Waals surface area contributed by atoms with Crippen molar-refractivity contribution in [2.45, 2.75) is 23.5 Å². The molecule has 1 heterocycles. The van der Waals surface area contributed by atoms with Crippen molar-refractivity contribution in [2.75, 3.05) is 51.1 Å². The Morgan fingerprint density at radius 1 is 0.881 bits per heavy atom. The van der Waals surface area contributed by atoms with Crippen LogP contribution < -0.4 is 41.5 Å². The molecule has 2 aromatic carbocycles. The molecule has 0 unspecified atom stereocenters. The van der Waals surface area contributed by atoms with Gasteiger partial charge in [0, 0.05) is 16.0 Å². The van der Waals surface area contributed by atoms with E-state index < -0.39 is 29.8 Å². The monoisotopic (exact) mass is 645 g/mol. The van der Waals surface area contributed by atoms with Crippen LogP contribution in [0, 0.1) is 0 Å². The first kappa shape index (κ1) is 33.7. The molecule has 3 aromatic rings. The molecule has 14 nitrogen and oxygen atoms in total. The number of sulfonamides is 1. The van der Waals surface area contributed by atoms with E-state index in [1.165, 1.54) is 6.07 Å². The highest BCUT2D eigenvalue weighted by Crippen LogP contribution is 2.40. The highest BCUT2D eigenvalue weighted by atomic mass is 32.2. The van der Waals surface area contributed by atoms with Crippen LogP contribution in [-0.4, -0.2) is 69.9 Å². The Kier molecular flexibility index (Phi) is 12.5. The molecule has 0 fully saturated rings. The molecule has 0 saturated heterocycles. The number of thiophene rings is 1. The minimum absolute atomic E-state index is 0.127. The first-order valence-electron chi connectivity index (χ1n) is 13.0. The first-order chi connectivity index (χ1) is 20.0. The molecule has 0 aliphatic heterocycles. The van der Waals surface area contributed by atoms with Crippen LogP contribution in [0.15, 0.2) is 40.6 Å². The minimum atomic E-state index is -4.58. The number of fused-ring (bicyclic) bond motifs is 1. The number of hydrogen-bond donors (Lipinski definition) is 7. The molecule has 1 aromatic heterocycles. The molecule has 232 valence electrons. The van der Waals surface area contributed by atoms with Crippen LogP contribution in [-0.2, 0) is 14.6 Å². The van der Waals surface area contributed by atoms with E-state index in [0.717, 1.165) is 11.3 Å². The first-order valence-corrected chi connectivity index (χ1v) is 17.1. The van der Waals surface area contributed by atoms with Gasteiger partial charge in [-0.25, -0.2) is 8.42 Å². The maximum Gasteiger partial charge on any atom is 0.340 e. The normalized spacial score (nSPS) is 11.9. The van der Waals surface area contributed by atoms with Gasteiger partial charge in [0.2, 0.25) is 5.75 Å². The lowest BCUT2D eigenvalue weighted by Gasteiger charge is -2.18. The van der Waals surface area contributed by atoms with Gasteiger partial charge in [-0.3, -0.25) is 9.36 Å². The second-order valence-corrected chi connectivity index (χ2v) is 13.7. The highest BCUT2D eigenvalue weighted by Gasteiger charge is 2.23. The Hall–Kier alpha value is -2.79. The third-order valence-corrected chi connectivity index (χ3v) is 9.34. The van der Waals surface area contributed by atoms with Gasteiger partial charge >= 0.3 is 7.60 Å². The summed E-state index contributed by atoms with van der Waals surface area (Å²) in [5.74, 6) is 0.472. The molecule has 0 aliphatic carbocycles. The minimum Gasteiger partial charge on any atom is -0.489 e. The van der Waals surface area contributed by atoms with Crippen LogP contribution in [0.4, 0.5) is 5.69 Å². The van der Waals surface area contributed by atoms with Crippen molar-refractivity contribution in [3.05, 3.63) is 42.0 Å². The molecule has 42 heavy (non-hydrogen) atoms. The number of amides is 1. The number of hydrogen-bond acceptors (Lipinski definition) is 11. The number of carbonyl (C=O) groups is 1. The summed E-state index contributed by atoms with van der Waals surface area (Å²) >= 11 is 0.922. The number of ether oxygens (including phenoxy) is 3. The highest BCUT2D eigenvalue weighted by molar-refractivity contribution is 7.92. The van der Waals surface area contributed by atoms with E-state index in [1.54, 1.807) is 30.3 Å². The number of nitrogens with one attached hydrogen (secondary N) is 2. The Morgan fingerprint density at radius 3 is 2.00 bits per heavy atom. The average Bonchev–Trinajstić information content (AvgIpc) is 3.37. The Labute approximate surface area is 247 Å². The Balaban J connectivity index is 1.88. The van der Waals surface area contributed by atoms with Crippen molar-refractivity contribution in [1.29, 1.82) is 0 Å². The average molecular weight is 646 g/mol. The van der Waals surface area contributed by atoms with Gasteiger partial charge in [-0.2, -0.15) is 4.72 Å². The third kappa shape index (κ3) is 9.90. The molecule has 1 amide bonds. The smallest absolute Gasteiger partial charge is 0.340 e. The lowest BCUT2D eigenvalue weighted by molar-refractivity contribution is 0.102. The number of carbonyl (C=O) groups excluding carboxylic acids is 1. The topological polar surface area (TPSA) is 239 Å². The Bertz CT molecular complexity index is 1480. The fraction of sp³-hybridized carbons (Fsp3) is 0.400. The fourth-order valence-electron chi connectivity index (χ4n) is 3.53. The fourth-order valence-corrected chi connectivity index (χ4v) is 6.96. The summed E-state index contributed by atoms with van der Waals surface area (Å²) in [6.45, 7) is 2.16. The zero-order valence-electron chi connectivity index (χ0n) is 22.8. The largest absolute Gasteiger partial charge is 0.489 e. The van der Waals surface area contributed by atoms with Crippen molar-refractivity contribution in [3.8, 4) is 17.2 Å². The second-order valence-electron chi connectivity index (χ2n) is 9.02. The van der Waals surface area contributed by atoms with Crippen molar-refractivity contribution < 1.29 is 41.8 Å².